The Balaban J connectivity index is 2.23. The fraction of sp³-hybridized carbons (Fsp3) is 1.00. The zero-order chi connectivity index (χ0) is 11.7. The zero-order valence-electron chi connectivity index (χ0n) is 11.1. The van der Waals surface area contributed by atoms with Crippen molar-refractivity contribution in [2.75, 3.05) is 13.1 Å². The van der Waals surface area contributed by atoms with Crippen LogP contribution in [0.1, 0.15) is 47.5 Å². The molecular formula is C13H28N2. The molecule has 0 aliphatic heterocycles. The van der Waals surface area contributed by atoms with Crippen LogP contribution in [0.5, 0.6) is 0 Å². The Labute approximate surface area is 95.0 Å². The van der Waals surface area contributed by atoms with E-state index in [2.05, 4.69) is 39.9 Å². The smallest absolute Gasteiger partial charge is 0.0161 e. The third kappa shape index (κ3) is 3.76. The van der Waals surface area contributed by atoms with Gasteiger partial charge in [-0.2, -0.15) is 0 Å². The Morgan fingerprint density at radius 3 is 2.20 bits per heavy atom. The standard InChI is InChI=1S/C13H28N2/c1-10(11-6-7-11)8-15-9-12(2,3)13(4,5)14/h10-11,15H,6-9,14H2,1-5H3. The summed E-state index contributed by atoms with van der Waals surface area (Å²) in [6, 6.07) is 0. The zero-order valence-corrected chi connectivity index (χ0v) is 11.1. The maximum absolute atomic E-state index is 6.16. The molecule has 1 aliphatic rings. The van der Waals surface area contributed by atoms with Crippen molar-refractivity contribution in [1.82, 2.24) is 5.32 Å². The van der Waals surface area contributed by atoms with E-state index < -0.39 is 0 Å². The van der Waals surface area contributed by atoms with E-state index in [1.807, 2.05) is 0 Å². The van der Waals surface area contributed by atoms with E-state index in [9.17, 15) is 0 Å². The lowest BCUT2D eigenvalue weighted by atomic mass is 9.75. The van der Waals surface area contributed by atoms with E-state index in [4.69, 9.17) is 5.73 Å². The van der Waals surface area contributed by atoms with E-state index in [1.165, 1.54) is 12.8 Å². The minimum Gasteiger partial charge on any atom is -0.325 e. The summed E-state index contributed by atoms with van der Waals surface area (Å²) < 4.78 is 0. The number of hydrogen-bond acceptors (Lipinski definition) is 2. The van der Waals surface area contributed by atoms with Crippen molar-refractivity contribution in [3.8, 4) is 0 Å². The monoisotopic (exact) mass is 212 g/mol. The molecule has 1 saturated carbocycles. The van der Waals surface area contributed by atoms with Gasteiger partial charge < -0.3 is 11.1 Å². The molecule has 1 aliphatic carbocycles. The summed E-state index contributed by atoms with van der Waals surface area (Å²) in [4.78, 5) is 0. The van der Waals surface area contributed by atoms with Crippen LogP contribution in [0.25, 0.3) is 0 Å². The Morgan fingerprint density at radius 2 is 1.80 bits per heavy atom. The van der Waals surface area contributed by atoms with Crippen LogP contribution in [-0.2, 0) is 0 Å². The van der Waals surface area contributed by atoms with Crippen molar-refractivity contribution in [3.05, 3.63) is 0 Å². The topological polar surface area (TPSA) is 38.0 Å². The SMILES string of the molecule is CC(CNCC(C)(C)C(C)(C)N)C1CC1. The van der Waals surface area contributed by atoms with Gasteiger partial charge in [-0.05, 0) is 50.5 Å². The molecule has 1 atom stereocenters. The molecule has 90 valence electrons. The molecule has 1 rings (SSSR count). The van der Waals surface area contributed by atoms with E-state index in [1.54, 1.807) is 0 Å². The largest absolute Gasteiger partial charge is 0.325 e. The van der Waals surface area contributed by atoms with Crippen molar-refractivity contribution in [3.63, 3.8) is 0 Å². The molecule has 0 radical (unpaired) electrons. The Kier molecular flexibility index (Phi) is 3.83. The maximum atomic E-state index is 6.16. The summed E-state index contributed by atoms with van der Waals surface area (Å²) in [5.74, 6) is 1.83. The third-order valence-electron chi connectivity index (χ3n) is 4.20. The lowest BCUT2D eigenvalue weighted by Crippen LogP contribution is -2.52. The summed E-state index contributed by atoms with van der Waals surface area (Å²) in [6.07, 6.45) is 2.88. The Hall–Kier alpha value is -0.0800. The highest BCUT2D eigenvalue weighted by molar-refractivity contribution is 4.92. The van der Waals surface area contributed by atoms with Crippen LogP contribution in [0.2, 0.25) is 0 Å². The van der Waals surface area contributed by atoms with Crippen LogP contribution in [0, 0.1) is 17.3 Å². The average Bonchev–Trinajstić information content (AvgIpc) is 2.83. The lowest BCUT2D eigenvalue weighted by Gasteiger charge is -2.39. The van der Waals surface area contributed by atoms with Gasteiger partial charge in [-0.3, -0.25) is 0 Å². The van der Waals surface area contributed by atoms with Gasteiger partial charge >= 0.3 is 0 Å². The summed E-state index contributed by atoms with van der Waals surface area (Å²) in [6.45, 7) is 13.2. The fourth-order valence-corrected chi connectivity index (χ4v) is 1.67. The van der Waals surface area contributed by atoms with Crippen molar-refractivity contribution < 1.29 is 0 Å². The molecule has 3 N–H and O–H groups in total. The molecule has 0 aromatic rings. The van der Waals surface area contributed by atoms with Gasteiger partial charge in [-0.15, -0.1) is 0 Å². The second-order valence-corrected chi connectivity index (χ2v) is 6.55. The summed E-state index contributed by atoms with van der Waals surface area (Å²) in [5, 5.41) is 3.57. The number of nitrogens with one attached hydrogen (secondary N) is 1. The van der Waals surface area contributed by atoms with Crippen LogP contribution in [0.15, 0.2) is 0 Å². The van der Waals surface area contributed by atoms with Crippen LogP contribution in [0.4, 0.5) is 0 Å². The second-order valence-electron chi connectivity index (χ2n) is 6.55. The Morgan fingerprint density at radius 1 is 1.27 bits per heavy atom. The molecule has 1 unspecified atom stereocenters. The molecule has 0 spiro atoms. The third-order valence-corrected chi connectivity index (χ3v) is 4.20. The lowest BCUT2D eigenvalue weighted by molar-refractivity contribution is 0.191. The van der Waals surface area contributed by atoms with Crippen molar-refractivity contribution >= 4 is 0 Å². The molecule has 2 nitrogen and oxygen atoms in total. The molecule has 2 heteroatoms. The van der Waals surface area contributed by atoms with Gasteiger partial charge in [-0.1, -0.05) is 20.8 Å². The first kappa shape index (κ1) is 13.0. The normalized spacial score (nSPS) is 20.4. The highest BCUT2D eigenvalue weighted by Gasteiger charge is 2.33. The minimum absolute atomic E-state index is 0.122. The first-order chi connectivity index (χ1) is 6.74. The van der Waals surface area contributed by atoms with Gasteiger partial charge in [0.15, 0.2) is 0 Å². The second kappa shape index (κ2) is 4.42. The predicted octanol–water partition coefficient (Wildman–Crippen LogP) is 2.39. The molecular weight excluding hydrogens is 184 g/mol. The minimum atomic E-state index is -0.122. The molecule has 15 heavy (non-hydrogen) atoms. The molecule has 0 aromatic heterocycles. The Bertz CT molecular complexity index is 199. The molecule has 0 heterocycles. The fourth-order valence-electron chi connectivity index (χ4n) is 1.67. The number of nitrogens with two attached hydrogens (primary N) is 1. The van der Waals surface area contributed by atoms with Gasteiger partial charge in [0.1, 0.15) is 0 Å². The molecule has 0 amide bonds. The van der Waals surface area contributed by atoms with Crippen LogP contribution in [0.3, 0.4) is 0 Å². The quantitative estimate of drug-likeness (QED) is 0.709. The van der Waals surface area contributed by atoms with Gasteiger partial charge in [0.25, 0.3) is 0 Å². The van der Waals surface area contributed by atoms with Crippen LogP contribution < -0.4 is 11.1 Å². The van der Waals surface area contributed by atoms with E-state index in [0.717, 1.165) is 24.9 Å². The van der Waals surface area contributed by atoms with Gasteiger partial charge in [0, 0.05) is 12.1 Å². The molecule has 0 bridgehead atoms. The van der Waals surface area contributed by atoms with Crippen molar-refractivity contribution in [2.45, 2.75) is 53.0 Å². The van der Waals surface area contributed by atoms with E-state index in [0.29, 0.717) is 0 Å². The maximum Gasteiger partial charge on any atom is 0.0161 e. The van der Waals surface area contributed by atoms with Crippen molar-refractivity contribution in [2.24, 2.45) is 23.0 Å². The molecule has 0 saturated heterocycles. The molecule has 0 aromatic carbocycles. The number of rotatable bonds is 6. The van der Waals surface area contributed by atoms with E-state index >= 15 is 0 Å². The first-order valence-corrected chi connectivity index (χ1v) is 6.23. The highest BCUT2D eigenvalue weighted by Crippen LogP contribution is 2.36. The predicted molar refractivity (Wildman–Crippen MR) is 66.8 cm³/mol. The van der Waals surface area contributed by atoms with Gasteiger partial charge in [-0.25, -0.2) is 0 Å². The molecule has 1 fully saturated rings. The van der Waals surface area contributed by atoms with Crippen LogP contribution >= 0.6 is 0 Å². The first-order valence-electron chi connectivity index (χ1n) is 6.23. The summed E-state index contributed by atoms with van der Waals surface area (Å²) in [7, 11) is 0. The summed E-state index contributed by atoms with van der Waals surface area (Å²) >= 11 is 0. The van der Waals surface area contributed by atoms with Gasteiger partial charge in [0.2, 0.25) is 0 Å². The van der Waals surface area contributed by atoms with Gasteiger partial charge in [0.05, 0.1) is 0 Å². The van der Waals surface area contributed by atoms with E-state index in [-0.39, 0.29) is 11.0 Å². The summed E-state index contributed by atoms with van der Waals surface area (Å²) in [5.41, 5.74) is 6.19. The van der Waals surface area contributed by atoms with Crippen molar-refractivity contribution in [1.29, 1.82) is 0 Å². The van der Waals surface area contributed by atoms with Crippen LogP contribution in [-0.4, -0.2) is 18.6 Å². The number of hydrogen-bond donors (Lipinski definition) is 2. The highest BCUT2D eigenvalue weighted by atomic mass is 14.9. The average molecular weight is 212 g/mol.